The Bertz CT molecular complexity index is 879. The Morgan fingerprint density at radius 2 is 1.67 bits per heavy atom. The highest BCUT2D eigenvalue weighted by Crippen LogP contribution is 2.28. The molecule has 0 saturated heterocycles. The van der Waals surface area contributed by atoms with Gasteiger partial charge in [0.05, 0.1) is 7.11 Å². The summed E-state index contributed by atoms with van der Waals surface area (Å²) in [5.74, 6) is 1.49. The zero-order valence-electron chi connectivity index (χ0n) is 16.2. The van der Waals surface area contributed by atoms with Gasteiger partial charge >= 0.3 is 0 Å². The number of nitrogens with one attached hydrogen (secondary N) is 1. The van der Waals surface area contributed by atoms with E-state index >= 15 is 0 Å². The predicted molar refractivity (Wildman–Crippen MR) is 108 cm³/mol. The van der Waals surface area contributed by atoms with Gasteiger partial charge in [-0.1, -0.05) is 29.8 Å². The van der Waals surface area contributed by atoms with Gasteiger partial charge in [-0.25, -0.2) is 0 Å². The van der Waals surface area contributed by atoms with E-state index in [4.69, 9.17) is 9.47 Å². The molecule has 0 aliphatic heterocycles. The van der Waals surface area contributed by atoms with Crippen LogP contribution in [0.25, 0.3) is 0 Å². The Balaban J connectivity index is 1.58. The number of hydrogen-bond acceptors (Lipinski definition) is 4. The molecule has 1 aromatic heterocycles. The first kappa shape index (κ1) is 18.9. The maximum atomic E-state index is 5.90. The van der Waals surface area contributed by atoms with Gasteiger partial charge < -0.3 is 14.8 Å². The minimum atomic E-state index is 0.489. The summed E-state index contributed by atoms with van der Waals surface area (Å²) < 4.78 is 11.4. The molecule has 4 nitrogen and oxygen atoms in total. The van der Waals surface area contributed by atoms with Crippen LogP contribution in [0.3, 0.4) is 0 Å². The fourth-order valence-electron chi connectivity index (χ4n) is 2.97. The molecule has 140 valence electrons. The minimum Gasteiger partial charge on any atom is -0.493 e. The molecule has 0 atom stereocenters. The number of pyridine rings is 1. The van der Waals surface area contributed by atoms with Crippen LogP contribution in [0.15, 0.2) is 60.9 Å². The Kier molecular flexibility index (Phi) is 6.44. The highest BCUT2D eigenvalue weighted by molar-refractivity contribution is 5.43. The number of methoxy groups -OCH3 is 1. The third kappa shape index (κ3) is 5.31. The summed E-state index contributed by atoms with van der Waals surface area (Å²) in [6.07, 6.45) is 3.53. The van der Waals surface area contributed by atoms with Gasteiger partial charge in [-0.15, -0.1) is 0 Å². The second-order valence-corrected chi connectivity index (χ2v) is 6.66. The molecule has 0 unspecified atom stereocenters. The lowest BCUT2D eigenvalue weighted by Gasteiger charge is -2.13. The van der Waals surface area contributed by atoms with E-state index < -0.39 is 0 Å². The van der Waals surface area contributed by atoms with Crippen molar-refractivity contribution in [1.82, 2.24) is 10.3 Å². The first-order valence-corrected chi connectivity index (χ1v) is 9.11. The average molecular weight is 362 g/mol. The van der Waals surface area contributed by atoms with Gasteiger partial charge in [0.25, 0.3) is 0 Å². The smallest absolute Gasteiger partial charge is 0.161 e. The van der Waals surface area contributed by atoms with Crippen molar-refractivity contribution < 1.29 is 9.47 Å². The second kappa shape index (κ2) is 9.19. The van der Waals surface area contributed by atoms with E-state index in [9.17, 15) is 0 Å². The summed E-state index contributed by atoms with van der Waals surface area (Å²) in [4.78, 5) is 4.02. The van der Waals surface area contributed by atoms with Crippen molar-refractivity contribution in [1.29, 1.82) is 0 Å². The van der Waals surface area contributed by atoms with Crippen LogP contribution >= 0.6 is 0 Å². The van der Waals surface area contributed by atoms with Crippen LogP contribution in [0.4, 0.5) is 0 Å². The molecule has 1 heterocycles. The summed E-state index contributed by atoms with van der Waals surface area (Å²) in [6.45, 7) is 6.38. The van der Waals surface area contributed by atoms with Crippen LogP contribution in [0.2, 0.25) is 0 Å². The van der Waals surface area contributed by atoms with Gasteiger partial charge in [0, 0.05) is 25.5 Å². The average Bonchev–Trinajstić information content (AvgIpc) is 2.69. The van der Waals surface area contributed by atoms with Crippen molar-refractivity contribution in [3.63, 3.8) is 0 Å². The van der Waals surface area contributed by atoms with E-state index in [0.29, 0.717) is 6.61 Å². The molecule has 3 rings (SSSR count). The number of aryl methyl sites for hydroxylation is 2. The van der Waals surface area contributed by atoms with E-state index in [1.807, 2.05) is 24.3 Å². The van der Waals surface area contributed by atoms with E-state index in [-0.39, 0.29) is 0 Å². The van der Waals surface area contributed by atoms with Gasteiger partial charge in [-0.2, -0.15) is 0 Å². The number of aromatic nitrogens is 1. The Morgan fingerprint density at radius 3 is 2.41 bits per heavy atom. The van der Waals surface area contributed by atoms with Crippen molar-refractivity contribution in [2.45, 2.75) is 33.5 Å². The van der Waals surface area contributed by atoms with Gasteiger partial charge in [-0.05, 0) is 60.4 Å². The molecule has 27 heavy (non-hydrogen) atoms. The van der Waals surface area contributed by atoms with Crippen LogP contribution in [0, 0.1) is 13.8 Å². The monoisotopic (exact) mass is 362 g/mol. The molecule has 3 aromatic rings. The van der Waals surface area contributed by atoms with Gasteiger partial charge in [0.15, 0.2) is 11.5 Å². The standard InChI is InChI=1S/C23H26N2O2/c1-17-4-6-21(18(2)12-17)15-25-14-20-5-7-22(23(13-20)26-3)27-16-19-8-10-24-11-9-19/h4-13,25H,14-16H2,1-3H3. The summed E-state index contributed by atoms with van der Waals surface area (Å²) in [5.41, 5.74) is 6.17. The maximum absolute atomic E-state index is 5.90. The lowest BCUT2D eigenvalue weighted by Crippen LogP contribution is -2.13. The number of rotatable bonds is 8. The molecule has 0 bridgehead atoms. The van der Waals surface area contributed by atoms with Gasteiger partial charge in [0.2, 0.25) is 0 Å². The number of hydrogen-bond donors (Lipinski definition) is 1. The molecular formula is C23H26N2O2. The highest BCUT2D eigenvalue weighted by atomic mass is 16.5. The zero-order chi connectivity index (χ0) is 19.1. The van der Waals surface area contributed by atoms with Crippen LogP contribution in [-0.2, 0) is 19.7 Å². The van der Waals surface area contributed by atoms with Crippen molar-refractivity contribution in [3.05, 3.63) is 88.7 Å². The number of nitrogens with zero attached hydrogens (tertiary/aromatic N) is 1. The Morgan fingerprint density at radius 1 is 0.852 bits per heavy atom. The Hall–Kier alpha value is -2.85. The molecule has 0 aliphatic rings. The normalized spacial score (nSPS) is 10.6. The molecule has 0 amide bonds. The number of benzene rings is 2. The summed E-state index contributed by atoms with van der Waals surface area (Å²) in [5, 5.41) is 3.50. The van der Waals surface area contributed by atoms with E-state index in [1.54, 1.807) is 19.5 Å². The zero-order valence-corrected chi connectivity index (χ0v) is 16.2. The summed E-state index contributed by atoms with van der Waals surface area (Å²) in [6, 6.07) is 16.5. The van der Waals surface area contributed by atoms with Crippen molar-refractivity contribution in [2.75, 3.05) is 7.11 Å². The molecular weight excluding hydrogens is 336 g/mol. The predicted octanol–water partition coefficient (Wildman–Crippen LogP) is 4.58. The second-order valence-electron chi connectivity index (χ2n) is 6.66. The maximum Gasteiger partial charge on any atom is 0.161 e. The van der Waals surface area contributed by atoms with Crippen molar-refractivity contribution >= 4 is 0 Å². The molecule has 0 spiro atoms. The SMILES string of the molecule is COc1cc(CNCc2ccc(C)cc2C)ccc1OCc1ccncc1. The first-order valence-electron chi connectivity index (χ1n) is 9.11. The van der Waals surface area contributed by atoms with Crippen molar-refractivity contribution in [3.8, 4) is 11.5 Å². The topological polar surface area (TPSA) is 43.4 Å². The van der Waals surface area contributed by atoms with Crippen LogP contribution in [-0.4, -0.2) is 12.1 Å². The molecule has 0 fully saturated rings. The lowest BCUT2D eigenvalue weighted by molar-refractivity contribution is 0.284. The fraction of sp³-hybridized carbons (Fsp3) is 0.261. The molecule has 4 heteroatoms. The van der Waals surface area contributed by atoms with Gasteiger partial charge in [0.1, 0.15) is 6.61 Å². The van der Waals surface area contributed by atoms with E-state index in [0.717, 1.165) is 35.7 Å². The van der Waals surface area contributed by atoms with Gasteiger partial charge in [-0.3, -0.25) is 4.98 Å². The lowest BCUT2D eigenvalue weighted by atomic mass is 10.1. The molecule has 1 N–H and O–H groups in total. The third-order valence-electron chi connectivity index (χ3n) is 4.51. The highest BCUT2D eigenvalue weighted by Gasteiger charge is 2.07. The van der Waals surface area contributed by atoms with E-state index in [1.165, 1.54) is 16.7 Å². The van der Waals surface area contributed by atoms with Crippen molar-refractivity contribution in [2.24, 2.45) is 0 Å². The molecule has 2 aromatic carbocycles. The largest absolute Gasteiger partial charge is 0.493 e. The van der Waals surface area contributed by atoms with Crippen LogP contribution < -0.4 is 14.8 Å². The Labute approximate surface area is 161 Å². The third-order valence-corrected chi connectivity index (χ3v) is 4.51. The van der Waals surface area contributed by atoms with Crippen LogP contribution in [0.5, 0.6) is 11.5 Å². The molecule has 0 saturated carbocycles. The molecule has 0 aliphatic carbocycles. The fourth-order valence-corrected chi connectivity index (χ4v) is 2.97. The summed E-state index contributed by atoms with van der Waals surface area (Å²) in [7, 11) is 1.67. The van der Waals surface area contributed by atoms with E-state index in [2.05, 4.69) is 48.4 Å². The molecule has 0 radical (unpaired) electrons. The quantitative estimate of drug-likeness (QED) is 0.637. The summed E-state index contributed by atoms with van der Waals surface area (Å²) >= 11 is 0. The first-order chi connectivity index (χ1) is 13.2. The number of ether oxygens (including phenoxy) is 2. The van der Waals surface area contributed by atoms with Crippen LogP contribution in [0.1, 0.15) is 27.8 Å². The minimum absolute atomic E-state index is 0.489.